The molecule has 1 saturated carbocycles. The van der Waals surface area contributed by atoms with Gasteiger partial charge >= 0.3 is 0 Å². The van der Waals surface area contributed by atoms with E-state index < -0.39 is 0 Å². The Labute approximate surface area is 120 Å². The van der Waals surface area contributed by atoms with Crippen LogP contribution in [0.25, 0.3) is 0 Å². The predicted octanol–water partition coefficient (Wildman–Crippen LogP) is 3.28. The van der Waals surface area contributed by atoms with Crippen molar-refractivity contribution in [1.82, 2.24) is 15.0 Å². The molecule has 3 rings (SSSR count). The summed E-state index contributed by atoms with van der Waals surface area (Å²) in [5, 5.41) is 4.06. The summed E-state index contributed by atoms with van der Waals surface area (Å²) in [5.74, 6) is 1.39. The zero-order chi connectivity index (χ0) is 14.1. The Morgan fingerprint density at radius 3 is 2.35 bits per heavy atom. The SMILES string of the molecule is Cc1cc(C2CC2)nc(N(c2ccccc2)N(C)C)n1. The molecule has 0 bridgehead atoms. The third-order valence-electron chi connectivity index (χ3n) is 3.45. The van der Waals surface area contributed by atoms with Crippen LogP contribution in [0.4, 0.5) is 11.6 Å². The van der Waals surface area contributed by atoms with Gasteiger partial charge in [-0.15, -0.1) is 0 Å². The molecule has 1 aliphatic rings. The van der Waals surface area contributed by atoms with Gasteiger partial charge in [0.2, 0.25) is 5.95 Å². The molecule has 1 aromatic heterocycles. The highest BCUT2D eigenvalue weighted by atomic mass is 15.6. The molecule has 0 aliphatic heterocycles. The first-order valence-corrected chi connectivity index (χ1v) is 7.03. The molecule has 4 nitrogen and oxygen atoms in total. The summed E-state index contributed by atoms with van der Waals surface area (Å²) < 4.78 is 0. The highest BCUT2D eigenvalue weighted by Gasteiger charge is 2.27. The van der Waals surface area contributed by atoms with Crippen molar-refractivity contribution >= 4 is 11.6 Å². The fourth-order valence-electron chi connectivity index (χ4n) is 2.35. The first-order chi connectivity index (χ1) is 9.65. The highest BCUT2D eigenvalue weighted by Crippen LogP contribution is 2.39. The molecule has 0 saturated heterocycles. The summed E-state index contributed by atoms with van der Waals surface area (Å²) in [7, 11) is 4.02. The monoisotopic (exact) mass is 268 g/mol. The first-order valence-electron chi connectivity index (χ1n) is 7.03. The second-order valence-electron chi connectivity index (χ2n) is 5.50. The van der Waals surface area contributed by atoms with Crippen molar-refractivity contribution in [3.05, 3.63) is 47.8 Å². The van der Waals surface area contributed by atoms with E-state index >= 15 is 0 Å². The average molecular weight is 268 g/mol. The van der Waals surface area contributed by atoms with Crippen LogP contribution < -0.4 is 5.01 Å². The summed E-state index contributed by atoms with van der Waals surface area (Å²) in [6, 6.07) is 12.3. The van der Waals surface area contributed by atoms with Crippen molar-refractivity contribution in [3.63, 3.8) is 0 Å². The molecule has 0 N–H and O–H groups in total. The van der Waals surface area contributed by atoms with E-state index in [1.807, 2.05) is 49.2 Å². The normalized spacial score (nSPS) is 14.6. The molecule has 1 fully saturated rings. The van der Waals surface area contributed by atoms with Crippen molar-refractivity contribution in [3.8, 4) is 0 Å². The number of para-hydroxylation sites is 1. The van der Waals surface area contributed by atoms with Crippen molar-refractivity contribution in [2.24, 2.45) is 0 Å². The first kappa shape index (κ1) is 13.1. The topological polar surface area (TPSA) is 32.3 Å². The van der Waals surface area contributed by atoms with Crippen molar-refractivity contribution in [2.45, 2.75) is 25.7 Å². The van der Waals surface area contributed by atoms with Crippen molar-refractivity contribution < 1.29 is 0 Å². The quantitative estimate of drug-likeness (QED) is 0.797. The number of hydrogen-bond acceptors (Lipinski definition) is 4. The van der Waals surface area contributed by atoms with Crippen LogP contribution in [-0.4, -0.2) is 29.1 Å². The van der Waals surface area contributed by atoms with Crippen molar-refractivity contribution in [1.29, 1.82) is 0 Å². The maximum atomic E-state index is 4.77. The van der Waals surface area contributed by atoms with E-state index in [2.05, 4.69) is 23.2 Å². The van der Waals surface area contributed by atoms with Gasteiger partial charge in [0.25, 0.3) is 0 Å². The van der Waals surface area contributed by atoms with E-state index in [1.165, 1.54) is 18.5 Å². The van der Waals surface area contributed by atoms with Crippen LogP contribution in [0.1, 0.15) is 30.1 Å². The molecule has 2 aromatic rings. The average Bonchev–Trinajstić information content (AvgIpc) is 3.23. The molecule has 0 spiro atoms. The predicted molar refractivity (Wildman–Crippen MR) is 81.0 cm³/mol. The van der Waals surface area contributed by atoms with Crippen LogP contribution in [-0.2, 0) is 0 Å². The molecule has 0 amide bonds. The van der Waals surface area contributed by atoms with E-state index in [1.54, 1.807) is 0 Å². The molecule has 1 aliphatic carbocycles. The van der Waals surface area contributed by atoms with Gasteiger partial charge in [-0.2, -0.15) is 0 Å². The minimum atomic E-state index is 0.634. The van der Waals surface area contributed by atoms with Gasteiger partial charge in [-0.3, -0.25) is 0 Å². The van der Waals surface area contributed by atoms with Gasteiger partial charge in [-0.1, -0.05) is 18.2 Å². The Balaban J connectivity index is 2.03. The lowest BCUT2D eigenvalue weighted by Gasteiger charge is -2.29. The largest absolute Gasteiger partial charge is 0.245 e. The van der Waals surface area contributed by atoms with E-state index in [4.69, 9.17) is 4.98 Å². The van der Waals surface area contributed by atoms with Gasteiger partial charge in [0, 0.05) is 31.4 Å². The number of hydrazine groups is 1. The van der Waals surface area contributed by atoms with Gasteiger partial charge in [0.05, 0.1) is 5.69 Å². The molecular weight excluding hydrogens is 248 g/mol. The third-order valence-corrected chi connectivity index (χ3v) is 3.45. The molecule has 0 unspecified atom stereocenters. The molecule has 0 atom stereocenters. The Morgan fingerprint density at radius 2 is 1.75 bits per heavy atom. The zero-order valence-corrected chi connectivity index (χ0v) is 12.2. The highest BCUT2D eigenvalue weighted by molar-refractivity contribution is 5.55. The lowest BCUT2D eigenvalue weighted by Crippen LogP contribution is -2.34. The molecule has 104 valence electrons. The Bertz CT molecular complexity index is 591. The number of aryl methyl sites for hydroxylation is 1. The molecule has 1 heterocycles. The molecular formula is C16H20N4. The lowest BCUT2D eigenvalue weighted by atomic mass is 10.2. The van der Waals surface area contributed by atoms with Crippen molar-refractivity contribution in [2.75, 3.05) is 19.1 Å². The summed E-state index contributed by atoms with van der Waals surface area (Å²) in [4.78, 5) is 9.38. The zero-order valence-electron chi connectivity index (χ0n) is 12.2. The lowest BCUT2D eigenvalue weighted by molar-refractivity contribution is 0.409. The number of anilines is 2. The summed E-state index contributed by atoms with van der Waals surface area (Å²) in [6.07, 6.45) is 2.51. The standard InChI is InChI=1S/C16H20N4/c1-12-11-15(13-9-10-13)18-16(17-12)20(19(2)3)14-7-5-4-6-8-14/h4-8,11,13H,9-10H2,1-3H3. The number of nitrogens with zero attached hydrogens (tertiary/aromatic N) is 4. The van der Waals surface area contributed by atoms with Crippen LogP contribution in [0.3, 0.4) is 0 Å². The Hall–Kier alpha value is -1.94. The number of benzene rings is 1. The minimum Gasteiger partial charge on any atom is -0.241 e. The number of rotatable bonds is 4. The fraction of sp³-hybridized carbons (Fsp3) is 0.375. The molecule has 20 heavy (non-hydrogen) atoms. The van der Waals surface area contributed by atoms with Crippen LogP contribution in [0.5, 0.6) is 0 Å². The fourth-order valence-corrected chi connectivity index (χ4v) is 2.35. The van der Waals surface area contributed by atoms with Crippen LogP contribution >= 0.6 is 0 Å². The van der Waals surface area contributed by atoms with Gasteiger partial charge in [-0.25, -0.2) is 20.0 Å². The van der Waals surface area contributed by atoms with E-state index in [-0.39, 0.29) is 0 Å². The summed E-state index contributed by atoms with van der Waals surface area (Å²) in [5.41, 5.74) is 3.28. The molecule has 1 aromatic carbocycles. The van der Waals surface area contributed by atoms with E-state index in [9.17, 15) is 0 Å². The maximum Gasteiger partial charge on any atom is 0.245 e. The second kappa shape index (κ2) is 5.21. The van der Waals surface area contributed by atoms with Gasteiger partial charge < -0.3 is 0 Å². The summed E-state index contributed by atoms with van der Waals surface area (Å²) in [6.45, 7) is 2.04. The van der Waals surface area contributed by atoms with Gasteiger partial charge in [-0.05, 0) is 38.0 Å². The molecule has 0 radical (unpaired) electrons. The smallest absolute Gasteiger partial charge is 0.241 e. The maximum absolute atomic E-state index is 4.77. The Kier molecular flexibility index (Phi) is 3.40. The second-order valence-corrected chi connectivity index (χ2v) is 5.50. The third kappa shape index (κ3) is 2.65. The van der Waals surface area contributed by atoms with Crippen LogP contribution in [0, 0.1) is 6.92 Å². The number of aromatic nitrogens is 2. The van der Waals surface area contributed by atoms with Gasteiger partial charge in [0.1, 0.15) is 0 Å². The van der Waals surface area contributed by atoms with E-state index in [0.717, 1.165) is 17.3 Å². The van der Waals surface area contributed by atoms with E-state index in [0.29, 0.717) is 5.92 Å². The number of hydrogen-bond donors (Lipinski definition) is 0. The van der Waals surface area contributed by atoms with Gasteiger partial charge in [0.15, 0.2) is 0 Å². The molecule has 4 heteroatoms. The van der Waals surface area contributed by atoms with Crippen LogP contribution in [0.15, 0.2) is 36.4 Å². The van der Waals surface area contributed by atoms with Crippen LogP contribution in [0.2, 0.25) is 0 Å². The summed E-state index contributed by atoms with van der Waals surface area (Å²) >= 11 is 0. The Morgan fingerprint density at radius 1 is 1.05 bits per heavy atom. The minimum absolute atomic E-state index is 0.634.